The fourth-order valence-electron chi connectivity index (χ4n) is 1.18. The van der Waals surface area contributed by atoms with Gasteiger partial charge in [-0.15, -0.1) is 0 Å². The maximum Gasteiger partial charge on any atom is 1.00 e. The Morgan fingerprint density at radius 1 is 1.31 bits per heavy atom. The van der Waals surface area contributed by atoms with E-state index in [1.165, 1.54) is 0 Å². The topological polar surface area (TPSA) is 55.9 Å². The standard InChI is InChI=1S/C9H7NO2.K/c11-9(12)8-5-6-3-1-2-4-7(6)10-8;/h1-5,10H,(H,11,12);/q;+1/p-1. The third-order valence-electron chi connectivity index (χ3n) is 1.75. The van der Waals surface area contributed by atoms with E-state index in [9.17, 15) is 9.90 Å². The number of aromatic carboxylic acids is 1. The van der Waals surface area contributed by atoms with Crippen LogP contribution in [0.15, 0.2) is 30.3 Å². The molecule has 13 heavy (non-hydrogen) atoms. The van der Waals surface area contributed by atoms with Crippen LogP contribution in [0, 0.1) is 0 Å². The van der Waals surface area contributed by atoms with E-state index < -0.39 is 5.97 Å². The molecule has 2 aromatic rings. The van der Waals surface area contributed by atoms with Crippen LogP contribution in [0.3, 0.4) is 0 Å². The Hall–Kier alpha value is -0.134. The van der Waals surface area contributed by atoms with Gasteiger partial charge in [0, 0.05) is 10.9 Å². The number of aromatic amines is 1. The van der Waals surface area contributed by atoms with E-state index in [-0.39, 0.29) is 57.1 Å². The number of aromatic nitrogens is 1. The second-order valence-corrected chi connectivity index (χ2v) is 2.56. The largest absolute Gasteiger partial charge is 1.00 e. The SMILES string of the molecule is O=C([O-])c1cc2ccccc2[nH]1.[K+]. The Morgan fingerprint density at radius 2 is 2.00 bits per heavy atom. The number of H-pyrrole nitrogens is 1. The fourth-order valence-corrected chi connectivity index (χ4v) is 1.18. The molecule has 0 aliphatic heterocycles. The molecule has 0 amide bonds. The van der Waals surface area contributed by atoms with E-state index >= 15 is 0 Å². The summed E-state index contributed by atoms with van der Waals surface area (Å²) in [5.74, 6) is -1.17. The van der Waals surface area contributed by atoms with Crippen molar-refractivity contribution >= 4 is 16.9 Å². The van der Waals surface area contributed by atoms with Crippen LogP contribution in [0.1, 0.15) is 10.5 Å². The minimum absolute atomic E-state index is 0. The third-order valence-corrected chi connectivity index (χ3v) is 1.75. The molecule has 0 aliphatic carbocycles. The molecule has 0 aliphatic rings. The molecule has 3 nitrogen and oxygen atoms in total. The summed E-state index contributed by atoms with van der Waals surface area (Å²) in [4.78, 5) is 13.2. The van der Waals surface area contributed by atoms with Gasteiger partial charge < -0.3 is 14.9 Å². The van der Waals surface area contributed by atoms with Gasteiger partial charge in [0.15, 0.2) is 0 Å². The van der Waals surface area contributed by atoms with Crippen molar-refractivity contribution in [2.45, 2.75) is 0 Å². The Bertz CT molecular complexity index is 403. The van der Waals surface area contributed by atoms with Crippen LogP contribution in [0.2, 0.25) is 0 Å². The molecule has 2 rings (SSSR count). The Kier molecular flexibility index (Phi) is 3.70. The smallest absolute Gasteiger partial charge is 0.543 e. The number of hydrogen-bond acceptors (Lipinski definition) is 2. The molecule has 0 bridgehead atoms. The average Bonchev–Trinajstić information content (AvgIpc) is 2.46. The summed E-state index contributed by atoms with van der Waals surface area (Å²) in [5, 5.41) is 11.3. The Morgan fingerprint density at radius 3 is 2.62 bits per heavy atom. The number of para-hydroxylation sites is 1. The van der Waals surface area contributed by atoms with Crippen LogP contribution in [0.5, 0.6) is 0 Å². The first-order valence-corrected chi connectivity index (χ1v) is 3.56. The van der Waals surface area contributed by atoms with Gasteiger partial charge in [0.05, 0.1) is 11.7 Å². The van der Waals surface area contributed by atoms with Crippen LogP contribution < -0.4 is 56.5 Å². The molecule has 0 spiro atoms. The minimum atomic E-state index is -1.17. The normalized spacial score (nSPS) is 9.54. The number of nitrogens with one attached hydrogen (secondary N) is 1. The maximum atomic E-state index is 10.4. The van der Waals surface area contributed by atoms with Gasteiger partial charge in [-0.2, -0.15) is 0 Å². The van der Waals surface area contributed by atoms with Crippen molar-refractivity contribution in [1.29, 1.82) is 0 Å². The number of hydrogen-bond donors (Lipinski definition) is 1. The number of carbonyl (C=O) groups excluding carboxylic acids is 1. The van der Waals surface area contributed by atoms with E-state index in [0.29, 0.717) is 0 Å². The van der Waals surface area contributed by atoms with Crippen LogP contribution >= 0.6 is 0 Å². The van der Waals surface area contributed by atoms with Gasteiger partial charge in [0.1, 0.15) is 0 Å². The molecule has 0 atom stereocenters. The van der Waals surface area contributed by atoms with Crippen molar-refractivity contribution in [3.63, 3.8) is 0 Å². The molecule has 1 aromatic heterocycles. The molecule has 1 N–H and O–H groups in total. The third kappa shape index (κ3) is 2.21. The molecule has 1 heterocycles. The predicted octanol–water partition coefficient (Wildman–Crippen LogP) is -2.46. The van der Waals surface area contributed by atoms with E-state index in [1.54, 1.807) is 6.07 Å². The van der Waals surface area contributed by atoms with Gasteiger partial charge in [-0.3, -0.25) is 0 Å². The van der Waals surface area contributed by atoms with Gasteiger partial charge in [-0.25, -0.2) is 0 Å². The van der Waals surface area contributed by atoms with Gasteiger partial charge in [-0.1, -0.05) is 18.2 Å². The number of carbonyl (C=O) groups is 1. The van der Waals surface area contributed by atoms with Crippen molar-refractivity contribution < 1.29 is 61.3 Å². The Balaban J connectivity index is 0.000000845. The van der Waals surface area contributed by atoms with E-state index in [2.05, 4.69) is 4.98 Å². The van der Waals surface area contributed by atoms with Crippen LogP contribution in [-0.4, -0.2) is 11.0 Å². The Labute approximate surface area is 118 Å². The summed E-state index contributed by atoms with van der Waals surface area (Å²) in [6.45, 7) is 0. The number of carboxylic acids is 1. The summed E-state index contributed by atoms with van der Waals surface area (Å²) in [5.41, 5.74) is 0.938. The van der Waals surface area contributed by atoms with E-state index in [1.807, 2.05) is 24.3 Å². The predicted molar refractivity (Wildman–Crippen MR) is 42.6 cm³/mol. The minimum Gasteiger partial charge on any atom is -0.543 e. The molecule has 0 radical (unpaired) electrons. The molecule has 0 saturated carbocycles. The summed E-state index contributed by atoms with van der Waals surface area (Å²) in [6, 6.07) is 8.93. The first-order valence-electron chi connectivity index (χ1n) is 3.56. The van der Waals surface area contributed by atoms with Gasteiger partial charge in [-0.05, 0) is 12.1 Å². The molecule has 0 unspecified atom stereocenters. The second kappa shape index (κ2) is 4.39. The van der Waals surface area contributed by atoms with Crippen molar-refractivity contribution in [1.82, 2.24) is 4.98 Å². The van der Waals surface area contributed by atoms with Crippen LogP contribution in [0.25, 0.3) is 10.9 Å². The summed E-state index contributed by atoms with van der Waals surface area (Å²) in [6.07, 6.45) is 0. The zero-order valence-electron chi connectivity index (χ0n) is 7.20. The van der Waals surface area contributed by atoms with Crippen LogP contribution in [0.4, 0.5) is 0 Å². The molecule has 0 saturated heterocycles. The van der Waals surface area contributed by atoms with Crippen molar-refractivity contribution in [2.24, 2.45) is 0 Å². The van der Waals surface area contributed by atoms with Crippen molar-refractivity contribution in [3.05, 3.63) is 36.0 Å². The summed E-state index contributed by atoms with van der Waals surface area (Å²) >= 11 is 0. The summed E-state index contributed by atoms with van der Waals surface area (Å²) in [7, 11) is 0. The number of fused-ring (bicyclic) bond motifs is 1. The molecule has 1 aromatic carbocycles. The molecular weight excluding hydrogens is 193 g/mol. The maximum absolute atomic E-state index is 10.4. The fraction of sp³-hybridized carbons (Fsp3) is 0. The monoisotopic (exact) mass is 199 g/mol. The van der Waals surface area contributed by atoms with Crippen LogP contribution in [-0.2, 0) is 0 Å². The first kappa shape index (κ1) is 10.9. The average molecular weight is 199 g/mol. The summed E-state index contributed by atoms with van der Waals surface area (Å²) < 4.78 is 0. The number of carboxylic acid groups (broad SMARTS) is 1. The number of rotatable bonds is 1. The van der Waals surface area contributed by atoms with Gasteiger partial charge >= 0.3 is 51.4 Å². The molecule has 0 fully saturated rings. The zero-order chi connectivity index (χ0) is 8.55. The molecule has 60 valence electrons. The molecule has 4 heteroatoms. The van der Waals surface area contributed by atoms with E-state index in [0.717, 1.165) is 10.9 Å². The zero-order valence-corrected chi connectivity index (χ0v) is 10.3. The second-order valence-electron chi connectivity index (χ2n) is 2.56. The van der Waals surface area contributed by atoms with E-state index in [4.69, 9.17) is 0 Å². The van der Waals surface area contributed by atoms with Crippen molar-refractivity contribution in [2.75, 3.05) is 0 Å². The van der Waals surface area contributed by atoms with Gasteiger partial charge in [0.25, 0.3) is 0 Å². The van der Waals surface area contributed by atoms with Crippen molar-refractivity contribution in [3.8, 4) is 0 Å². The first-order chi connectivity index (χ1) is 5.77. The quantitative estimate of drug-likeness (QED) is 0.518. The van der Waals surface area contributed by atoms with Gasteiger partial charge in [0.2, 0.25) is 0 Å². The molecular formula is C9H6KNO2. The number of benzene rings is 1.